The van der Waals surface area contributed by atoms with E-state index in [4.69, 9.17) is 5.10 Å². The summed E-state index contributed by atoms with van der Waals surface area (Å²) >= 11 is 0. The van der Waals surface area contributed by atoms with E-state index in [0.29, 0.717) is 18.2 Å². The van der Waals surface area contributed by atoms with Crippen LogP contribution in [0.5, 0.6) is 0 Å². The zero-order valence-corrected chi connectivity index (χ0v) is 16.8. The van der Waals surface area contributed by atoms with Gasteiger partial charge in [-0.05, 0) is 49.8 Å². The smallest absolute Gasteiger partial charge is 0.251 e. The lowest BCUT2D eigenvalue weighted by atomic mass is 10.1. The second-order valence-electron chi connectivity index (χ2n) is 8.54. The zero-order chi connectivity index (χ0) is 20.0. The molecule has 2 N–H and O–H groups in total. The van der Waals surface area contributed by atoms with Crippen LogP contribution in [0.25, 0.3) is 0 Å². The molecule has 1 aromatic carbocycles. The summed E-state index contributed by atoms with van der Waals surface area (Å²) in [6.07, 6.45) is 5.52. The molecule has 0 saturated heterocycles. The van der Waals surface area contributed by atoms with Crippen molar-refractivity contribution in [3.05, 3.63) is 41.1 Å². The number of nitrogens with zero attached hydrogens (tertiary/aromatic N) is 3. The van der Waals surface area contributed by atoms with E-state index in [9.17, 15) is 9.59 Å². The second kappa shape index (κ2) is 7.21. The second-order valence-corrected chi connectivity index (χ2v) is 8.54. The maximum atomic E-state index is 12.4. The van der Waals surface area contributed by atoms with Crippen LogP contribution < -0.4 is 10.6 Å². The number of aromatic nitrogens is 2. The standard InChI is InChI=1S/C22H27N5O2/c1-14(28)26-10-9-20-19(13-26)21(25-27(20)12-15-5-6-15)23-18-4-2-3-16(11-18)22(29)24-17-7-8-17/h2-4,11,15,17H,5-10,12-13H2,1H3,(H,23,25)(H,24,29). The fourth-order valence-electron chi connectivity index (χ4n) is 3.93. The van der Waals surface area contributed by atoms with Gasteiger partial charge < -0.3 is 15.5 Å². The lowest BCUT2D eigenvalue weighted by molar-refractivity contribution is -0.129. The molecule has 152 valence electrons. The number of fused-ring (bicyclic) bond motifs is 1. The molecule has 5 rings (SSSR count). The lowest BCUT2D eigenvalue weighted by Crippen LogP contribution is -2.34. The van der Waals surface area contributed by atoms with Crippen molar-refractivity contribution in [3.8, 4) is 0 Å². The van der Waals surface area contributed by atoms with Gasteiger partial charge in [0, 0.05) is 55.0 Å². The van der Waals surface area contributed by atoms with Crippen molar-refractivity contribution >= 4 is 23.3 Å². The first-order valence-electron chi connectivity index (χ1n) is 10.6. The first-order valence-corrected chi connectivity index (χ1v) is 10.6. The van der Waals surface area contributed by atoms with Gasteiger partial charge in [0.1, 0.15) is 0 Å². The third-order valence-corrected chi connectivity index (χ3v) is 6.01. The highest BCUT2D eigenvalue weighted by Crippen LogP contribution is 2.34. The van der Waals surface area contributed by atoms with Gasteiger partial charge in [-0.3, -0.25) is 14.3 Å². The quantitative estimate of drug-likeness (QED) is 0.791. The van der Waals surface area contributed by atoms with Gasteiger partial charge in [0.25, 0.3) is 5.91 Å². The summed E-state index contributed by atoms with van der Waals surface area (Å²) in [5.74, 6) is 1.59. The molecule has 2 fully saturated rings. The van der Waals surface area contributed by atoms with Crippen LogP contribution in [0, 0.1) is 5.92 Å². The Labute approximate surface area is 170 Å². The van der Waals surface area contributed by atoms with E-state index in [1.54, 1.807) is 6.92 Å². The minimum Gasteiger partial charge on any atom is -0.349 e. The van der Waals surface area contributed by atoms with E-state index in [0.717, 1.165) is 55.3 Å². The Balaban J connectivity index is 1.41. The Morgan fingerprint density at radius 2 is 2.03 bits per heavy atom. The molecule has 2 aromatic rings. The Hall–Kier alpha value is -2.83. The monoisotopic (exact) mass is 393 g/mol. The molecule has 7 nitrogen and oxygen atoms in total. The number of anilines is 2. The molecule has 1 aromatic heterocycles. The molecular formula is C22H27N5O2. The maximum Gasteiger partial charge on any atom is 0.251 e. The number of carbonyl (C=O) groups excluding carboxylic acids is 2. The first kappa shape index (κ1) is 18.2. The van der Waals surface area contributed by atoms with Gasteiger partial charge in [0.2, 0.25) is 5.91 Å². The average molecular weight is 393 g/mol. The van der Waals surface area contributed by atoms with Crippen LogP contribution in [0.1, 0.15) is 54.2 Å². The lowest BCUT2D eigenvalue weighted by Gasteiger charge is -2.26. The summed E-state index contributed by atoms with van der Waals surface area (Å²) in [5, 5.41) is 11.3. The van der Waals surface area contributed by atoms with Crippen molar-refractivity contribution in [2.24, 2.45) is 5.92 Å². The molecule has 2 aliphatic carbocycles. The van der Waals surface area contributed by atoms with Crippen molar-refractivity contribution in [2.45, 2.75) is 58.2 Å². The minimum absolute atomic E-state index is 0.0276. The fourth-order valence-corrected chi connectivity index (χ4v) is 3.93. The van der Waals surface area contributed by atoms with E-state index in [1.165, 1.54) is 18.5 Å². The van der Waals surface area contributed by atoms with Gasteiger partial charge in [0.05, 0.1) is 6.54 Å². The zero-order valence-electron chi connectivity index (χ0n) is 16.8. The topological polar surface area (TPSA) is 79.3 Å². The van der Waals surface area contributed by atoms with Crippen molar-refractivity contribution < 1.29 is 9.59 Å². The van der Waals surface area contributed by atoms with Crippen LogP contribution in [0.4, 0.5) is 11.5 Å². The van der Waals surface area contributed by atoms with Crippen LogP contribution in [0.2, 0.25) is 0 Å². The SMILES string of the molecule is CC(=O)N1CCc2c(c(Nc3cccc(C(=O)NC4CC4)c3)nn2CC2CC2)C1. The molecule has 1 aliphatic heterocycles. The van der Waals surface area contributed by atoms with Crippen LogP contribution >= 0.6 is 0 Å². The maximum absolute atomic E-state index is 12.4. The largest absolute Gasteiger partial charge is 0.349 e. The molecule has 0 atom stereocenters. The number of nitrogens with one attached hydrogen (secondary N) is 2. The van der Waals surface area contributed by atoms with Crippen LogP contribution in [-0.2, 0) is 24.3 Å². The van der Waals surface area contributed by atoms with Gasteiger partial charge in [-0.15, -0.1) is 0 Å². The van der Waals surface area contributed by atoms with Crippen LogP contribution in [-0.4, -0.2) is 39.1 Å². The molecule has 29 heavy (non-hydrogen) atoms. The Bertz CT molecular complexity index is 958. The minimum atomic E-state index is -0.0276. The highest BCUT2D eigenvalue weighted by Gasteiger charge is 2.30. The number of rotatable bonds is 6. The Kier molecular flexibility index (Phi) is 4.53. The predicted molar refractivity (Wildman–Crippen MR) is 110 cm³/mol. The van der Waals surface area contributed by atoms with Gasteiger partial charge in [-0.1, -0.05) is 6.07 Å². The molecule has 3 aliphatic rings. The first-order chi connectivity index (χ1) is 14.1. The third kappa shape index (κ3) is 3.99. The van der Waals surface area contributed by atoms with Gasteiger partial charge in [0.15, 0.2) is 5.82 Å². The Morgan fingerprint density at radius 3 is 2.76 bits per heavy atom. The summed E-state index contributed by atoms with van der Waals surface area (Å²) in [6.45, 7) is 3.90. The molecule has 2 saturated carbocycles. The van der Waals surface area contributed by atoms with E-state index in [1.807, 2.05) is 29.2 Å². The third-order valence-electron chi connectivity index (χ3n) is 6.01. The molecule has 2 heterocycles. The van der Waals surface area contributed by atoms with E-state index < -0.39 is 0 Å². The summed E-state index contributed by atoms with van der Waals surface area (Å²) < 4.78 is 2.14. The molecule has 2 amide bonds. The molecule has 0 spiro atoms. The number of carbonyl (C=O) groups is 2. The summed E-state index contributed by atoms with van der Waals surface area (Å²) in [4.78, 5) is 26.2. The highest BCUT2D eigenvalue weighted by atomic mass is 16.2. The number of hydrogen-bond donors (Lipinski definition) is 2. The van der Waals surface area contributed by atoms with Crippen LogP contribution in [0.15, 0.2) is 24.3 Å². The summed E-state index contributed by atoms with van der Waals surface area (Å²) in [6, 6.07) is 7.88. The van der Waals surface area contributed by atoms with Crippen molar-refractivity contribution in [3.63, 3.8) is 0 Å². The van der Waals surface area contributed by atoms with E-state index in [2.05, 4.69) is 15.3 Å². The number of hydrogen-bond acceptors (Lipinski definition) is 4. The predicted octanol–water partition coefficient (Wildman–Crippen LogP) is 2.83. The summed E-state index contributed by atoms with van der Waals surface area (Å²) in [5.41, 5.74) is 3.82. The normalized spacial score (nSPS) is 18.3. The van der Waals surface area contributed by atoms with Gasteiger partial charge >= 0.3 is 0 Å². The average Bonchev–Trinajstić information content (AvgIpc) is 3.63. The van der Waals surface area contributed by atoms with Gasteiger partial charge in [-0.25, -0.2) is 0 Å². The van der Waals surface area contributed by atoms with E-state index in [-0.39, 0.29) is 11.8 Å². The van der Waals surface area contributed by atoms with Crippen LogP contribution in [0.3, 0.4) is 0 Å². The molecular weight excluding hydrogens is 366 g/mol. The fraction of sp³-hybridized carbons (Fsp3) is 0.500. The molecule has 0 radical (unpaired) electrons. The molecule has 7 heteroatoms. The van der Waals surface area contributed by atoms with Crippen molar-refractivity contribution in [2.75, 3.05) is 11.9 Å². The van der Waals surface area contributed by atoms with Gasteiger partial charge in [-0.2, -0.15) is 5.10 Å². The van der Waals surface area contributed by atoms with E-state index >= 15 is 0 Å². The highest BCUT2D eigenvalue weighted by molar-refractivity contribution is 5.95. The number of benzene rings is 1. The Morgan fingerprint density at radius 1 is 1.21 bits per heavy atom. The molecule has 0 bridgehead atoms. The number of amides is 2. The molecule has 0 unspecified atom stereocenters. The summed E-state index contributed by atoms with van der Waals surface area (Å²) in [7, 11) is 0. The van der Waals surface area contributed by atoms with Crippen molar-refractivity contribution in [1.82, 2.24) is 20.0 Å². The van der Waals surface area contributed by atoms with Crippen molar-refractivity contribution in [1.29, 1.82) is 0 Å².